The average Bonchev–Trinajstić information content (AvgIpc) is 2.94. The van der Waals surface area contributed by atoms with Gasteiger partial charge >= 0.3 is 0 Å². The minimum absolute atomic E-state index is 0.425. The van der Waals surface area contributed by atoms with E-state index in [4.69, 9.17) is 37.9 Å². The fourth-order valence-electron chi connectivity index (χ4n) is 2.86. The molecule has 0 bridgehead atoms. The molecule has 204 valence electrons. The van der Waals surface area contributed by atoms with Crippen LogP contribution in [0.25, 0.3) is 0 Å². The van der Waals surface area contributed by atoms with Gasteiger partial charge in [-0.25, -0.2) is 0 Å². The summed E-state index contributed by atoms with van der Waals surface area (Å²) >= 11 is 0. The molecule has 0 atom stereocenters. The molecule has 0 aliphatic carbocycles. The highest BCUT2D eigenvalue weighted by molar-refractivity contribution is 5.40. The fraction of sp³-hybridized carbons (Fsp3) is 0.571. The Morgan fingerprint density at radius 2 is 0.528 bits per heavy atom. The first-order valence-electron chi connectivity index (χ1n) is 12.9. The molecule has 2 aromatic rings. The maximum atomic E-state index is 5.78. The zero-order valence-electron chi connectivity index (χ0n) is 22.4. The van der Waals surface area contributed by atoms with E-state index in [1.54, 1.807) is 0 Å². The van der Waals surface area contributed by atoms with Crippen LogP contribution in [0.1, 0.15) is 27.7 Å². The van der Waals surface area contributed by atoms with Crippen LogP contribution in [0.5, 0.6) is 23.0 Å². The molecule has 0 radical (unpaired) electrons. The number of hydrogen-bond acceptors (Lipinski definition) is 8. The summed E-state index contributed by atoms with van der Waals surface area (Å²) in [4.78, 5) is 0. The molecule has 36 heavy (non-hydrogen) atoms. The molecule has 0 amide bonds. The Morgan fingerprint density at radius 3 is 0.750 bits per heavy atom. The van der Waals surface area contributed by atoms with Crippen molar-refractivity contribution in [3.63, 3.8) is 0 Å². The molecule has 0 N–H and O–H groups in total. The molecule has 0 aromatic heterocycles. The second kappa shape index (κ2) is 22.9. The normalized spacial score (nSPS) is 16.6. The van der Waals surface area contributed by atoms with E-state index >= 15 is 0 Å². The molecule has 1 heterocycles. The van der Waals surface area contributed by atoms with E-state index in [1.165, 1.54) is 0 Å². The van der Waals surface area contributed by atoms with Gasteiger partial charge in [-0.05, 0) is 24.3 Å². The Morgan fingerprint density at radius 1 is 0.333 bits per heavy atom. The molecule has 8 nitrogen and oxygen atoms in total. The van der Waals surface area contributed by atoms with Crippen LogP contribution in [0.2, 0.25) is 0 Å². The van der Waals surface area contributed by atoms with Gasteiger partial charge in [0.05, 0.1) is 52.9 Å². The summed E-state index contributed by atoms with van der Waals surface area (Å²) in [5.41, 5.74) is 0. The van der Waals surface area contributed by atoms with Gasteiger partial charge in [-0.3, -0.25) is 0 Å². The van der Waals surface area contributed by atoms with Gasteiger partial charge in [-0.15, -0.1) is 0 Å². The summed E-state index contributed by atoms with van der Waals surface area (Å²) in [6.45, 7) is 13.5. The smallest absolute Gasteiger partial charge is 0.161 e. The molecule has 0 saturated carbocycles. The van der Waals surface area contributed by atoms with E-state index < -0.39 is 0 Å². The third kappa shape index (κ3) is 14.1. The van der Waals surface area contributed by atoms with E-state index in [9.17, 15) is 0 Å². The largest absolute Gasteiger partial charge is 0.487 e. The molecule has 0 saturated heterocycles. The minimum Gasteiger partial charge on any atom is -0.487 e. The van der Waals surface area contributed by atoms with Crippen LogP contribution in [0, 0.1) is 0 Å². The molecule has 2 aromatic carbocycles. The van der Waals surface area contributed by atoms with E-state index in [0.29, 0.717) is 102 Å². The van der Waals surface area contributed by atoms with Crippen molar-refractivity contribution < 1.29 is 37.9 Å². The number of ether oxygens (including phenoxy) is 8. The van der Waals surface area contributed by atoms with Crippen LogP contribution >= 0.6 is 0 Å². The van der Waals surface area contributed by atoms with Crippen molar-refractivity contribution in [2.24, 2.45) is 0 Å². The molecule has 1 aliphatic rings. The second-order valence-corrected chi connectivity index (χ2v) is 6.74. The van der Waals surface area contributed by atoms with Gasteiger partial charge in [0.1, 0.15) is 26.4 Å². The monoisotopic (exact) mass is 508 g/mol. The highest BCUT2D eigenvalue weighted by Gasteiger charge is 2.06. The van der Waals surface area contributed by atoms with E-state index in [1.807, 2.05) is 76.2 Å². The number of hydrogen-bond donors (Lipinski definition) is 0. The first-order chi connectivity index (χ1) is 17.9. The number of rotatable bonds is 0. The van der Waals surface area contributed by atoms with Crippen LogP contribution in [0.15, 0.2) is 48.5 Å². The molecule has 0 unspecified atom stereocenters. The summed E-state index contributed by atoms with van der Waals surface area (Å²) in [6, 6.07) is 15.1. The molecule has 8 heteroatoms. The van der Waals surface area contributed by atoms with Crippen molar-refractivity contribution in [3.8, 4) is 23.0 Å². The van der Waals surface area contributed by atoms with Gasteiger partial charge in [0.15, 0.2) is 23.0 Å². The zero-order valence-corrected chi connectivity index (χ0v) is 22.4. The van der Waals surface area contributed by atoms with Gasteiger partial charge in [0.2, 0.25) is 0 Å². The van der Waals surface area contributed by atoms with Crippen LogP contribution in [0.3, 0.4) is 0 Å². The number of fused-ring (bicyclic) bond motifs is 2. The predicted molar refractivity (Wildman–Crippen MR) is 141 cm³/mol. The zero-order chi connectivity index (χ0) is 26.1. The standard InChI is InChI=1S/C24H32O8.2C2H6/c1-2-6-22-21(5-1)29-17-13-25-9-10-27-15-19-31-23-7-3-4-8-24(23)32-20-16-28-12-11-26-14-18-30-22;2*1-2/h1-8H,9-20H2;2*1-2H3. The van der Waals surface area contributed by atoms with Crippen molar-refractivity contribution in [2.45, 2.75) is 27.7 Å². The van der Waals surface area contributed by atoms with Crippen LogP contribution in [0.4, 0.5) is 0 Å². The third-order valence-electron chi connectivity index (χ3n) is 4.38. The molecule has 1 aliphatic heterocycles. The minimum atomic E-state index is 0.425. The fourth-order valence-corrected chi connectivity index (χ4v) is 2.86. The van der Waals surface area contributed by atoms with Crippen molar-refractivity contribution in [2.75, 3.05) is 79.3 Å². The number of benzene rings is 2. The summed E-state index contributed by atoms with van der Waals surface area (Å²) in [5, 5.41) is 0. The topological polar surface area (TPSA) is 73.8 Å². The molecule has 0 fully saturated rings. The molecular weight excluding hydrogens is 464 g/mol. The van der Waals surface area contributed by atoms with Crippen molar-refractivity contribution >= 4 is 0 Å². The van der Waals surface area contributed by atoms with Crippen molar-refractivity contribution in [1.29, 1.82) is 0 Å². The highest BCUT2D eigenvalue weighted by Crippen LogP contribution is 2.27. The quantitative estimate of drug-likeness (QED) is 0.490. The van der Waals surface area contributed by atoms with E-state index in [-0.39, 0.29) is 0 Å². The Balaban J connectivity index is 0.00000154. The average molecular weight is 509 g/mol. The Bertz CT molecular complexity index is 630. The third-order valence-corrected chi connectivity index (χ3v) is 4.38. The van der Waals surface area contributed by atoms with Gasteiger partial charge in [0.25, 0.3) is 0 Å². The van der Waals surface area contributed by atoms with E-state index in [2.05, 4.69) is 0 Å². The Kier molecular flexibility index (Phi) is 20.1. The van der Waals surface area contributed by atoms with E-state index in [0.717, 1.165) is 0 Å². The van der Waals surface area contributed by atoms with Gasteiger partial charge in [-0.2, -0.15) is 0 Å². The summed E-state index contributed by atoms with van der Waals surface area (Å²) in [7, 11) is 0. The van der Waals surface area contributed by atoms with Crippen molar-refractivity contribution in [1.82, 2.24) is 0 Å². The Labute approximate surface area is 216 Å². The Hall–Kier alpha value is -2.52. The predicted octanol–water partition coefficient (Wildman–Crippen LogP) is 5.03. The first-order valence-corrected chi connectivity index (χ1v) is 12.9. The maximum Gasteiger partial charge on any atom is 0.161 e. The second-order valence-electron chi connectivity index (χ2n) is 6.74. The lowest BCUT2D eigenvalue weighted by atomic mass is 10.3. The summed E-state index contributed by atoms with van der Waals surface area (Å²) < 4.78 is 45.3. The lowest BCUT2D eigenvalue weighted by Gasteiger charge is -2.14. The summed E-state index contributed by atoms with van der Waals surface area (Å²) in [6.07, 6.45) is 0. The highest BCUT2D eigenvalue weighted by atomic mass is 16.6. The van der Waals surface area contributed by atoms with Crippen LogP contribution in [-0.4, -0.2) is 79.3 Å². The van der Waals surface area contributed by atoms with Crippen molar-refractivity contribution in [3.05, 3.63) is 48.5 Å². The number of para-hydroxylation sites is 4. The van der Waals surface area contributed by atoms with Crippen LogP contribution in [-0.2, 0) is 18.9 Å². The first kappa shape index (κ1) is 31.5. The molecule has 0 spiro atoms. The maximum absolute atomic E-state index is 5.78. The lowest BCUT2D eigenvalue weighted by molar-refractivity contribution is 0.0223. The van der Waals surface area contributed by atoms with Gasteiger partial charge in [0, 0.05) is 0 Å². The lowest BCUT2D eigenvalue weighted by Crippen LogP contribution is -2.15. The van der Waals surface area contributed by atoms with Gasteiger partial charge in [-0.1, -0.05) is 52.0 Å². The SMILES string of the molecule is CC.CC.c1ccc2c(c1)OCCOCCOCCOc1ccccc1OCCOCCOCCO2. The van der Waals surface area contributed by atoms with Crippen LogP contribution < -0.4 is 18.9 Å². The molecule has 3 rings (SSSR count). The van der Waals surface area contributed by atoms with Gasteiger partial charge < -0.3 is 37.9 Å². The molecular formula is C28H44O8. The summed E-state index contributed by atoms with van der Waals surface area (Å²) in [5.74, 6) is 2.73.